The molecular formula is C24H33NO2. The second-order valence-electron chi connectivity index (χ2n) is 8.09. The molecule has 0 spiro atoms. The Balaban J connectivity index is 1.40. The minimum absolute atomic E-state index is 0.355. The molecule has 0 bridgehead atoms. The number of aliphatic hydroxyl groups is 1. The molecule has 2 aromatic carbocycles. The average Bonchev–Trinajstić information content (AvgIpc) is 2.69. The molecule has 1 aliphatic heterocycles. The molecular weight excluding hydrogens is 334 g/mol. The van der Waals surface area contributed by atoms with Crippen LogP contribution in [0.25, 0.3) is 0 Å². The zero-order valence-corrected chi connectivity index (χ0v) is 16.7. The Hall–Kier alpha value is -1.84. The first-order chi connectivity index (χ1) is 13.1. The molecule has 3 rings (SSSR count). The minimum Gasteiger partial charge on any atom is -0.491 e. The highest BCUT2D eigenvalue weighted by atomic mass is 16.5. The highest BCUT2D eigenvalue weighted by Gasteiger charge is 2.21. The van der Waals surface area contributed by atoms with Gasteiger partial charge in [-0.15, -0.1) is 0 Å². The number of hydrogen-bond acceptors (Lipinski definition) is 3. The Morgan fingerprint density at radius 2 is 1.67 bits per heavy atom. The van der Waals surface area contributed by atoms with Crippen LogP contribution in [0.3, 0.4) is 0 Å². The van der Waals surface area contributed by atoms with E-state index < -0.39 is 6.10 Å². The van der Waals surface area contributed by atoms with E-state index in [0.29, 0.717) is 19.1 Å². The molecule has 3 heteroatoms. The van der Waals surface area contributed by atoms with Crippen LogP contribution < -0.4 is 4.74 Å². The number of piperidine rings is 1. The van der Waals surface area contributed by atoms with Crippen molar-refractivity contribution in [2.45, 2.75) is 45.1 Å². The van der Waals surface area contributed by atoms with Crippen molar-refractivity contribution in [3.63, 3.8) is 0 Å². The number of likely N-dealkylation sites (tertiary alicyclic amines) is 1. The summed E-state index contributed by atoms with van der Waals surface area (Å²) in [5.74, 6) is 2.07. The number of hydrogen-bond donors (Lipinski definition) is 1. The molecule has 0 radical (unpaired) electrons. The summed E-state index contributed by atoms with van der Waals surface area (Å²) in [6, 6.07) is 18.9. The zero-order chi connectivity index (χ0) is 19.1. The lowest BCUT2D eigenvalue weighted by molar-refractivity contribution is 0.0547. The normalized spacial score (nSPS) is 17.2. The van der Waals surface area contributed by atoms with Crippen molar-refractivity contribution in [3.8, 4) is 5.75 Å². The quantitative estimate of drug-likeness (QED) is 0.745. The van der Waals surface area contributed by atoms with E-state index in [2.05, 4.69) is 55.1 Å². The lowest BCUT2D eigenvalue weighted by Crippen LogP contribution is -2.41. The molecule has 1 aliphatic rings. The van der Waals surface area contributed by atoms with Gasteiger partial charge in [0.25, 0.3) is 0 Å². The second kappa shape index (κ2) is 9.91. The van der Waals surface area contributed by atoms with Gasteiger partial charge in [-0.2, -0.15) is 0 Å². The topological polar surface area (TPSA) is 32.7 Å². The number of aliphatic hydroxyl groups excluding tert-OH is 1. The molecule has 0 aromatic heterocycles. The second-order valence-corrected chi connectivity index (χ2v) is 8.09. The van der Waals surface area contributed by atoms with Crippen LogP contribution in [0, 0.1) is 5.92 Å². The Labute approximate surface area is 164 Å². The number of rotatable bonds is 8. The fourth-order valence-corrected chi connectivity index (χ4v) is 3.95. The summed E-state index contributed by atoms with van der Waals surface area (Å²) >= 11 is 0. The van der Waals surface area contributed by atoms with Crippen molar-refractivity contribution in [2.24, 2.45) is 5.92 Å². The van der Waals surface area contributed by atoms with Gasteiger partial charge in [0.1, 0.15) is 18.5 Å². The van der Waals surface area contributed by atoms with Gasteiger partial charge in [-0.1, -0.05) is 62.4 Å². The van der Waals surface area contributed by atoms with Crippen molar-refractivity contribution in [1.82, 2.24) is 4.90 Å². The summed E-state index contributed by atoms with van der Waals surface area (Å²) in [6.07, 6.45) is 3.14. The standard InChI is InChI=1S/C24H33NO2/c1-19(2)23-10-6-7-11-24(23)27-18-22(26)17-25-14-12-21(13-15-25)16-20-8-4-3-5-9-20/h3-11,19,21-22,26H,12-18H2,1-2H3/t22-/m1/s1. The molecule has 0 aliphatic carbocycles. The molecule has 3 nitrogen and oxygen atoms in total. The van der Waals surface area contributed by atoms with E-state index in [-0.39, 0.29) is 0 Å². The summed E-state index contributed by atoms with van der Waals surface area (Å²) in [5, 5.41) is 10.4. The van der Waals surface area contributed by atoms with Crippen molar-refractivity contribution < 1.29 is 9.84 Å². The fourth-order valence-electron chi connectivity index (χ4n) is 3.95. The average molecular weight is 368 g/mol. The van der Waals surface area contributed by atoms with Gasteiger partial charge in [0.05, 0.1) is 0 Å². The van der Waals surface area contributed by atoms with Crippen LogP contribution in [-0.4, -0.2) is 42.4 Å². The lowest BCUT2D eigenvalue weighted by Gasteiger charge is -2.33. The van der Waals surface area contributed by atoms with E-state index in [9.17, 15) is 5.11 Å². The molecule has 1 saturated heterocycles. The number of para-hydroxylation sites is 1. The molecule has 1 heterocycles. The number of ether oxygens (including phenoxy) is 1. The molecule has 27 heavy (non-hydrogen) atoms. The van der Waals surface area contributed by atoms with Gasteiger partial charge < -0.3 is 14.7 Å². The van der Waals surface area contributed by atoms with Crippen LogP contribution in [0.5, 0.6) is 5.75 Å². The zero-order valence-electron chi connectivity index (χ0n) is 16.7. The van der Waals surface area contributed by atoms with Gasteiger partial charge in [0, 0.05) is 6.54 Å². The summed E-state index contributed by atoms with van der Waals surface area (Å²) in [6.45, 7) is 7.51. The summed E-state index contributed by atoms with van der Waals surface area (Å²) < 4.78 is 5.93. The largest absolute Gasteiger partial charge is 0.491 e. The molecule has 1 atom stereocenters. The molecule has 1 fully saturated rings. The van der Waals surface area contributed by atoms with Gasteiger partial charge in [0.2, 0.25) is 0 Å². The summed E-state index contributed by atoms with van der Waals surface area (Å²) in [5.41, 5.74) is 2.64. The molecule has 2 aromatic rings. The number of nitrogens with zero attached hydrogens (tertiary/aromatic N) is 1. The van der Waals surface area contributed by atoms with E-state index in [1.807, 2.05) is 18.2 Å². The molecule has 146 valence electrons. The third-order valence-corrected chi connectivity index (χ3v) is 5.52. The van der Waals surface area contributed by atoms with E-state index in [0.717, 1.165) is 24.8 Å². The molecule has 0 saturated carbocycles. The maximum Gasteiger partial charge on any atom is 0.122 e. The van der Waals surface area contributed by atoms with E-state index >= 15 is 0 Å². The Morgan fingerprint density at radius 1 is 1.00 bits per heavy atom. The van der Waals surface area contributed by atoms with Gasteiger partial charge in [-0.3, -0.25) is 0 Å². The van der Waals surface area contributed by atoms with Crippen molar-refractivity contribution in [2.75, 3.05) is 26.2 Å². The summed E-state index contributed by atoms with van der Waals surface area (Å²) in [4.78, 5) is 2.38. The van der Waals surface area contributed by atoms with Gasteiger partial charge in [0.15, 0.2) is 0 Å². The molecule has 0 amide bonds. The molecule has 0 unspecified atom stereocenters. The maximum atomic E-state index is 10.4. The monoisotopic (exact) mass is 367 g/mol. The van der Waals surface area contributed by atoms with Crippen LogP contribution in [0.2, 0.25) is 0 Å². The smallest absolute Gasteiger partial charge is 0.122 e. The summed E-state index contributed by atoms with van der Waals surface area (Å²) in [7, 11) is 0. The molecule has 1 N–H and O–H groups in total. The van der Waals surface area contributed by atoms with E-state index in [1.165, 1.54) is 30.4 Å². The minimum atomic E-state index is -0.448. The third-order valence-electron chi connectivity index (χ3n) is 5.52. The highest BCUT2D eigenvalue weighted by Crippen LogP contribution is 2.26. The first-order valence-electron chi connectivity index (χ1n) is 10.3. The van der Waals surface area contributed by atoms with Gasteiger partial charge >= 0.3 is 0 Å². The van der Waals surface area contributed by atoms with Crippen LogP contribution in [0.15, 0.2) is 54.6 Å². The third kappa shape index (κ3) is 6.08. The Kier molecular flexibility index (Phi) is 7.31. The van der Waals surface area contributed by atoms with Crippen LogP contribution in [0.4, 0.5) is 0 Å². The van der Waals surface area contributed by atoms with Crippen LogP contribution in [-0.2, 0) is 6.42 Å². The van der Waals surface area contributed by atoms with Crippen LogP contribution in [0.1, 0.15) is 43.7 Å². The number of β-amino-alcohol motifs (C(OH)–C–C–N with tert-alkyl or cyclic N) is 1. The Morgan fingerprint density at radius 3 is 2.37 bits per heavy atom. The van der Waals surface area contributed by atoms with Crippen molar-refractivity contribution >= 4 is 0 Å². The fraction of sp³-hybridized carbons (Fsp3) is 0.500. The first-order valence-corrected chi connectivity index (χ1v) is 10.3. The van der Waals surface area contributed by atoms with Gasteiger partial charge in [-0.25, -0.2) is 0 Å². The lowest BCUT2D eigenvalue weighted by atomic mass is 9.90. The maximum absolute atomic E-state index is 10.4. The van der Waals surface area contributed by atoms with E-state index in [4.69, 9.17) is 4.74 Å². The van der Waals surface area contributed by atoms with Crippen LogP contribution >= 0.6 is 0 Å². The SMILES string of the molecule is CC(C)c1ccccc1OC[C@H](O)CN1CCC(Cc2ccccc2)CC1. The predicted octanol–water partition coefficient (Wildman–Crippen LogP) is 4.50. The predicted molar refractivity (Wildman–Crippen MR) is 111 cm³/mol. The van der Waals surface area contributed by atoms with Crippen molar-refractivity contribution in [3.05, 3.63) is 65.7 Å². The van der Waals surface area contributed by atoms with Gasteiger partial charge in [-0.05, 0) is 61.4 Å². The number of benzene rings is 2. The van der Waals surface area contributed by atoms with E-state index in [1.54, 1.807) is 0 Å². The first kappa shape index (κ1) is 19.9. The Bertz CT molecular complexity index is 678. The van der Waals surface area contributed by atoms with Crippen molar-refractivity contribution in [1.29, 1.82) is 0 Å². The highest BCUT2D eigenvalue weighted by molar-refractivity contribution is 5.35.